The van der Waals surface area contributed by atoms with Gasteiger partial charge in [0.05, 0.1) is 11.9 Å². The maximum atomic E-state index is 11.8. The molecule has 0 amide bonds. The second-order valence-electron chi connectivity index (χ2n) is 4.61. The van der Waals surface area contributed by atoms with Gasteiger partial charge in [0.2, 0.25) is 5.88 Å². The Labute approximate surface area is 122 Å². The van der Waals surface area contributed by atoms with Gasteiger partial charge in [-0.2, -0.15) is 0 Å². The van der Waals surface area contributed by atoms with E-state index in [1.54, 1.807) is 6.21 Å². The fourth-order valence-corrected chi connectivity index (χ4v) is 2.63. The predicted octanol–water partition coefficient (Wildman–Crippen LogP) is 3.47. The van der Waals surface area contributed by atoms with Gasteiger partial charge in [-0.3, -0.25) is 14.4 Å². The third-order valence-electron chi connectivity index (χ3n) is 3.07. The molecular formula is C15H18N2O2S. The van der Waals surface area contributed by atoms with E-state index in [1.807, 2.05) is 31.2 Å². The van der Waals surface area contributed by atoms with Crippen LogP contribution in [0.3, 0.4) is 0 Å². The summed E-state index contributed by atoms with van der Waals surface area (Å²) in [6.07, 6.45) is 3.42. The van der Waals surface area contributed by atoms with Gasteiger partial charge < -0.3 is 5.11 Å². The van der Waals surface area contributed by atoms with Crippen LogP contribution in [-0.2, 0) is 6.54 Å². The molecule has 106 valence electrons. The smallest absolute Gasteiger partial charge is 0.310 e. The Morgan fingerprint density at radius 2 is 2.15 bits per heavy atom. The van der Waals surface area contributed by atoms with Gasteiger partial charge in [0.15, 0.2) is 0 Å². The highest BCUT2D eigenvalue weighted by Gasteiger charge is 2.11. The van der Waals surface area contributed by atoms with E-state index >= 15 is 0 Å². The van der Waals surface area contributed by atoms with Crippen molar-refractivity contribution in [3.63, 3.8) is 0 Å². The first kappa shape index (κ1) is 14.5. The zero-order chi connectivity index (χ0) is 14.5. The summed E-state index contributed by atoms with van der Waals surface area (Å²) in [5.41, 5.74) is 1.90. The van der Waals surface area contributed by atoms with E-state index in [9.17, 15) is 9.90 Å². The van der Waals surface area contributed by atoms with Gasteiger partial charge in [0.1, 0.15) is 4.88 Å². The summed E-state index contributed by atoms with van der Waals surface area (Å²) in [7, 11) is 0. The van der Waals surface area contributed by atoms with Crippen LogP contribution >= 0.6 is 11.3 Å². The number of hydrogen-bond donors (Lipinski definition) is 1. The molecule has 0 fully saturated rings. The highest BCUT2D eigenvalue weighted by atomic mass is 32.1. The molecule has 1 aromatic heterocycles. The minimum Gasteiger partial charge on any atom is -0.493 e. The first-order chi connectivity index (χ1) is 9.63. The molecule has 0 saturated carbocycles. The van der Waals surface area contributed by atoms with E-state index in [0.29, 0.717) is 11.4 Å². The fraction of sp³-hybridized carbons (Fsp3) is 0.333. The van der Waals surface area contributed by atoms with Crippen LogP contribution in [0.2, 0.25) is 0 Å². The van der Waals surface area contributed by atoms with Crippen molar-refractivity contribution in [1.82, 2.24) is 4.57 Å². The van der Waals surface area contributed by atoms with Crippen LogP contribution < -0.4 is 4.87 Å². The normalized spacial score (nSPS) is 11.3. The van der Waals surface area contributed by atoms with Gasteiger partial charge >= 0.3 is 4.87 Å². The number of benzene rings is 1. The summed E-state index contributed by atoms with van der Waals surface area (Å²) in [4.78, 5) is 16.5. The minimum atomic E-state index is -0.137. The third-order valence-corrected chi connectivity index (χ3v) is 3.97. The van der Waals surface area contributed by atoms with E-state index < -0.39 is 0 Å². The van der Waals surface area contributed by atoms with Crippen molar-refractivity contribution in [2.24, 2.45) is 4.99 Å². The number of aromatic nitrogens is 1. The van der Waals surface area contributed by atoms with Crippen LogP contribution in [0.5, 0.6) is 5.88 Å². The average molecular weight is 290 g/mol. The first-order valence-electron chi connectivity index (χ1n) is 6.65. The molecule has 0 saturated heterocycles. The standard InChI is InChI=1S/C15H18N2O2S/c1-3-4-9-17-14(18)13(20-15(17)19)10-16-12-8-6-5-7-11(12)2/h5-8,10,18H,3-4,9H2,1-2H3. The lowest BCUT2D eigenvalue weighted by Crippen LogP contribution is -2.12. The lowest BCUT2D eigenvalue weighted by molar-refractivity contribution is 0.408. The number of para-hydroxylation sites is 1. The molecular weight excluding hydrogens is 272 g/mol. The minimum absolute atomic E-state index is 0.0192. The van der Waals surface area contributed by atoms with Crippen LogP contribution in [0.1, 0.15) is 30.2 Å². The maximum absolute atomic E-state index is 11.8. The van der Waals surface area contributed by atoms with Crippen molar-refractivity contribution >= 4 is 23.2 Å². The molecule has 0 atom stereocenters. The van der Waals surface area contributed by atoms with Gasteiger partial charge in [-0.25, -0.2) is 0 Å². The molecule has 2 aromatic rings. The molecule has 0 aliphatic carbocycles. The molecule has 0 unspecified atom stereocenters. The number of hydrogen-bond acceptors (Lipinski definition) is 4. The highest BCUT2D eigenvalue weighted by Crippen LogP contribution is 2.21. The van der Waals surface area contributed by atoms with Gasteiger partial charge in [-0.05, 0) is 25.0 Å². The molecule has 1 aromatic carbocycles. The van der Waals surface area contributed by atoms with Crippen LogP contribution in [0.4, 0.5) is 5.69 Å². The number of unbranched alkanes of at least 4 members (excludes halogenated alkanes) is 1. The lowest BCUT2D eigenvalue weighted by atomic mass is 10.2. The second-order valence-corrected chi connectivity index (χ2v) is 5.60. The molecule has 0 aliphatic heterocycles. The van der Waals surface area contributed by atoms with Crippen LogP contribution in [0, 0.1) is 6.92 Å². The van der Waals surface area contributed by atoms with E-state index in [2.05, 4.69) is 11.9 Å². The number of nitrogens with zero attached hydrogens (tertiary/aromatic N) is 2. The zero-order valence-electron chi connectivity index (χ0n) is 11.7. The van der Waals surface area contributed by atoms with Gasteiger partial charge in [-0.1, -0.05) is 42.9 Å². The molecule has 2 rings (SSSR count). The molecule has 5 heteroatoms. The Morgan fingerprint density at radius 3 is 2.85 bits per heavy atom. The van der Waals surface area contributed by atoms with Crippen LogP contribution in [0.15, 0.2) is 34.1 Å². The SMILES string of the molecule is CCCCn1c(O)c(C=Nc2ccccc2C)sc1=O. The number of rotatable bonds is 5. The van der Waals surface area contributed by atoms with Crippen molar-refractivity contribution in [2.75, 3.05) is 0 Å². The quantitative estimate of drug-likeness (QED) is 0.857. The average Bonchev–Trinajstić information content (AvgIpc) is 2.70. The highest BCUT2D eigenvalue weighted by molar-refractivity contribution is 7.11. The number of aliphatic imine (C=N–C) groups is 1. The van der Waals surface area contributed by atoms with Gasteiger partial charge in [0.25, 0.3) is 0 Å². The Hall–Kier alpha value is -1.88. The summed E-state index contributed by atoms with van der Waals surface area (Å²) < 4.78 is 1.41. The van der Waals surface area contributed by atoms with E-state index in [-0.39, 0.29) is 10.8 Å². The lowest BCUT2D eigenvalue weighted by Gasteiger charge is -2.01. The third kappa shape index (κ3) is 3.17. The van der Waals surface area contributed by atoms with Crippen molar-refractivity contribution < 1.29 is 5.11 Å². The summed E-state index contributed by atoms with van der Waals surface area (Å²) >= 11 is 1.02. The molecule has 0 radical (unpaired) electrons. The molecule has 0 aliphatic rings. The van der Waals surface area contributed by atoms with Crippen molar-refractivity contribution in [3.05, 3.63) is 44.4 Å². The van der Waals surface area contributed by atoms with E-state index in [0.717, 1.165) is 35.4 Å². The molecule has 20 heavy (non-hydrogen) atoms. The maximum Gasteiger partial charge on any atom is 0.310 e. The largest absolute Gasteiger partial charge is 0.493 e. The molecule has 1 heterocycles. The number of thiazole rings is 1. The molecule has 1 N–H and O–H groups in total. The number of aryl methyl sites for hydroxylation is 1. The summed E-state index contributed by atoms with van der Waals surface area (Å²) in [6.45, 7) is 4.58. The Balaban J connectivity index is 2.26. The Kier molecular flexibility index (Phi) is 4.74. The Bertz CT molecular complexity index is 671. The fourth-order valence-electron chi connectivity index (χ4n) is 1.85. The van der Waals surface area contributed by atoms with Gasteiger partial charge in [0, 0.05) is 6.54 Å². The molecule has 0 bridgehead atoms. The summed E-state index contributed by atoms with van der Waals surface area (Å²) in [5, 5.41) is 10.1. The zero-order valence-corrected chi connectivity index (χ0v) is 12.5. The summed E-state index contributed by atoms with van der Waals surface area (Å²) in [5.74, 6) is 0.0192. The molecule has 0 spiro atoms. The predicted molar refractivity (Wildman–Crippen MR) is 83.6 cm³/mol. The number of aromatic hydroxyl groups is 1. The first-order valence-corrected chi connectivity index (χ1v) is 7.47. The van der Waals surface area contributed by atoms with Crippen molar-refractivity contribution in [3.8, 4) is 5.88 Å². The Morgan fingerprint density at radius 1 is 1.40 bits per heavy atom. The van der Waals surface area contributed by atoms with Crippen LogP contribution in [-0.4, -0.2) is 15.9 Å². The topological polar surface area (TPSA) is 54.6 Å². The van der Waals surface area contributed by atoms with Crippen molar-refractivity contribution in [1.29, 1.82) is 0 Å². The molecule has 4 nitrogen and oxygen atoms in total. The summed E-state index contributed by atoms with van der Waals surface area (Å²) in [6, 6.07) is 7.74. The van der Waals surface area contributed by atoms with Crippen molar-refractivity contribution in [2.45, 2.75) is 33.2 Å². The second kappa shape index (κ2) is 6.52. The monoisotopic (exact) mass is 290 g/mol. The van der Waals surface area contributed by atoms with E-state index in [1.165, 1.54) is 4.57 Å². The van der Waals surface area contributed by atoms with Gasteiger partial charge in [-0.15, -0.1) is 0 Å². The van der Waals surface area contributed by atoms with E-state index in [4.69, 9.17) is 0 Å². The van der Waals surface area contributed by atoms with Crippen LogP contribution in [0.25, 0.3) is 0 Å².